The summed E-state index contributed by atoms with van der Waals surface area (Å²) < 4.78 is 208. The van der Waals surface area contributed by atoms with E-state index in [1.807, 2.05) is 97.9 Å². The van der Waals surface area contributed by atoms with Crippen LogP contribution in [0.2, 0.25) is 0 Å². The van der Waals surface area contributed by atoms with Gasteiger partial charge in [-0.1, -0.05) is 119 Å². The molecule has 0 amide bonds. The van der Waals surface area contributed by atoms with Crippen molar-refractivity contribution in [2.75, 3.05) is 46.2 Å². The summed E-state index contributed by atoms with van der Waals surface area (Å²) in [5, 5.41) is 32.5. The van der Waals surface area contributed by atoms with Crippen molar-refractivity contribution in [1.29, 1.82) is 0 Å². The summed E-state index contributed by atoms with van der Waals surface area (Å²) >= 11 is 0. The monoisotopic (exact) mass is 1420 g/mol. The summed E-state index contributed by atoms with van der Waals surface area (Å²) in [5.41, 5.74) is 2.51. The number of aliphatic hydroxyl groups is 3. The molecule has 0 radical (unpaired) electrons. The predicted molar refractivity (Wildman–Crippen MR) is 336 cm³/mol. The lowest BCUT2D eigenvalue weighted by atomic mass is 9.88. The van der Waals surface area contributed by atoms with Gasteiger partial charge in [0.25, 0.3) is 0 Å². The average Bonchev–Trinajstić information content (AvgIpc) is 0.795. The van der Waals surface area contributed by atoms with Gasteiger partial charge in [-0.15, -0.1) is 12.3 Å². The van der Waals surface area contributed by atoms with E-state index in [1.165, 1.54) is 0 Å². The number of benzene rings is 3. The molecule has 0 aliphatic carbocycles. The lowest BCUT2D eigenvalue weighted by Crippen LogP contribution is -2.64. The first-order valence-electron chi connectivity index (χ1n) is 32.1. The molecule has 33 heteroatoms. The van der Waals surface area contributed by atoms with E-state index in [0.717, 1.165) is 16.7 Å². The Bertz CT molecular complexity index is 3230. The minimum Gasteiger partial charge on any atom is -0.394 e. The normalized spacial score (nSPS) is 36.4. The number of nitrogens with one attached hydrogen (secondary N) is 3. The van der Waals surface area contributed by atoms with Gasteiger partial charge in [-0.3, -0.25) is 13.7 Å². The molecule has 0 aromatic heterocycles. The molecule has 538 valence electrons. The van der Waals surface area contributed by atoms with Crippen molar-refractivity contribution < 1.29 is 125 Å². The summed E-state index contributed by atoms with van der Waals surface area (Å²) in [6.45, 7) is 5.07. The number of ether oxygens (including phenoxy) is 15. The van der Waals surface area contributed by atoms with Gasteiger partial charge < -0.3 is 86.4 Å². The lowest BCUT2D eigenvalue weighted by molar-refractivity contribution is -0.345. The third kappa shape index (κ3) is 21.8. The van der Waals surface area contributed by atoms with Gasteiger partial charge >= 0.3 is 30.9 Å². The largest absolute Gasteiger partial charge is 0.394 e. The Morgan fingerprint density at radius 1 is 0.458 bits per heavy atom. The summed E-state index contributed by atoms with van der Waals surface area (Å²) in [5.74, 6) is -0.194. The van der Waals surface area contributed by atoms with Crippen LogP contribution in [-0.4, -0.2) is 223 Å². The molecule has 0 spiro atoms. The highest BCUT2D eigenvalue weighted by atomic mass is 32.2. The maximum atomic E-state index is 12.9. The van der Waals surface area contributed by atoms with Crippen LogP contribution >= 0.6 is 0 Å². The van der Waals surface area contributed by atoms with Gasteiger partial charge in [0.15, 0.2) is 37.7 Å². The third-order valence-electron chi connectivity index (χ3n) is 17.9. The fourth-order valence-electron chi connectivity index (χ4n) is 12.8. The van der Waals surface area contributed by atoms with Gasteiger partial charge in [-0.25, -0.2) is 0 Å². The zero-order chi connectivity index (χ0) is 68.7. The fraction of sp³-hybridized carbons (Fsp3) is 0.683. The van der Waals surface area contributed by atoms with Gasteiger partial charge in [-0.2, -0.15) is 39.4 Å². The molecule has 6 heterocycles. The van der Waals surface area contributed by atoms with Crippen LogP contribution in [0.4, 0.5) is 0 Å². The Hall–Kier alpha value is -3.89. The van der Waals surface area contributed by atoms with Crippen molar-refractivity contribution >= 4 is 30.9 Å². The van der Waals surface area contributed by atoms with E-state index in [2.05, 4.69) is 20.1 Å². The molecule has 0 saturated carbocycles. The summed E-state index contributed by atoms with van der Waals surface area (Å²) in [6.07, 6.45) is -12.4. The van der Waals surface area contributed by atoms with E-state index in [1.54, 1.807) is 20.8 Å². The van der Waals surface area contributed by atoms with E-state index < -0.39 is 185 Å². The summed E-state index contributed by atoms with van der Waals surface area (Å²) in [4.78, 5) is 0. The molecule has 0 bridgehead atoms. The highest BCUT2D eigenvalue weighted by molar-refractivity contribution is 7.84. The van der Waals surface area contributed by atoms with Crippen molar-refractivity contribution in [2.45, 2.75) is 203 Å². The van der Waals surface area contributed by atoms with Crippen molar-refractivity contribution in [1.82, 2.24) is 14.2 Å². The van der Waals surface area contributed by atoms with E-state index in [-0.39, 0.29) is 64.5 Å². The second-order valence-electron chi connectivity index (χ2n) is 24.9. The number of terminal acetylenes is 1. The fourth-order valence-corrected chi connectivity index (χ4v) is 14.8. The van der Waals surface area contributed by atoms with E-state index in [9.17, 15) is 54.2 Å². The standard InChI is InChI=1S/C63H91N3O27S3/c1-6-7-17-24-79-61-55(64-94(70,71)72)38(3)58(47(28-67)86-61)92-53-26-45(81-33-42-20-13-9-14-21-42)50(35-84-53)90-63-57(66-96(76,77)78)40(5)60(49(30-69)88-63)93-54-27-46(82-34-43-22-15-10-16-23-43)51(36-85-54)89-62-56(65-95(73,74)75)39(4)59(48(29-68)87-62)91-52-25-44(37(2)31-83-52)80-32-41-18-11-8-12-19-41/h1,8-16,18-23,37-40,44-69H,7,17,24-36H2,2-5H3,(H,70,71,72)(H,73,74,75)(H,76,77,78)/t37-,38-,39-,40-,44+,45+,46+,47?,48?,49?,50-,51-,52+,53+,54+,55?,56?,57?,58+,59+,60+,61-,62+,63+/m1/s1. The predicted octanol–water partition coefficient (Wildman–Crippen LogP) is 2.32. The molecule has 3 aromatic carbocycles. The third-order valence-corrected chi connectivity index (χ3v) is 19.7. The molecule has 9 N–H and O–H groups in total. The molecular formula is C63H91N3O27S3. The van der Waals surface area contributed by atoms with Crippen LogP contribution in [0.1, 0.15) is 76.5 Å². The lowest BCUT2D eigenvalue weighted by Gasteiger charge is -2.49. The topological polar surface area (TPSA) is 398 Å². The van der Waals surface area contributed by atoms with Crippen LogP contribution in [0, 0.1) is 36.0 Å². The van der Waals surface area contributed by atoms with Gasteiger partial charge in [0.2, 0.25) is 0 Å². The first-order chi connectivity index (χ1) is 45.9. The van der Waals surface area contributed by atoms with Crippen LogP contribution in [0.5, 0.6) is 0 Å². The molecule has 24 atom stereocenters. The average molecular weight is 1420 g/mol. The molecule has 6 fully saturated rings. The Kier molecular flexibility index (Phi) is 28.3. The summed E-state index contributed by atoms with van der Waals surface area (Å²) in [7, 11) is -14.8. The zero-order valence-electron chi connectivity index (χ0n) is 53.7. The van der Waals surface area contributed by atoms with Crippen LogP contribution in [0.25, 0.3) is 0 Å². The Balaban J connectivity index is 0.895. The number of hydrogen-bond donors (Lipinski definition) is 9. The minimum atomic E-state index is -5.04. The van der Waals surface area contributed by atoms with Crippen molar-refractivity contribution in [3.8, 4) is 12.3 Å². The number of unbranched alkanes of at least 4 members (excludes halogenated alkanes) is 1. The van der Waals surface area contributed by atoms with E-state index in [4.69, 9.17) is 77.5 Å². The van der Waals surface area contributed by atoms with Crippen molar-refractivity contribution in [3.63, 3.8) is 0 Å². The maximum Gasteiger partial charge on any atom is 0.333 e. The molecule has 6 unspecified atom stereocenters. The molecule has 3 aromatic rings. The molecule has 9 rings (SSSR count). The van der Waals surface area contributed by atoms with Crippen molar-refractivity contribution in [2.24, 2.45) is 23.7 Å². The van der Waals surface area contributed by atoms with Crippen molar-refractivity contribution in [3.05, 3.63) is 108 Å². The molecule has 96 heavy (non-hydrogen) atoms. The molecule has 6 aliphatic rings. The van der Waals surface area contributed by atoms with Crippen LogP contribution in [0.15, 0.2) is 91.0 Å². The minimum absolute atomic E-state index is 0.00277. The van der Waals surface area contributed by atoms with E-state index >= 15 is 0 Å². The van der Waals surface area contributed by atoms with Crippen LogP contribution in [-0.2, 0) is 122 Å². The van der Waals surface area contributed by atoms with Gasteiger partial charge in [0, 0.05) is 49.4 Å². The number of aliphatic hydroxyl groups excluding tert-OH is 3. The number of rotatable bonds is 32. The zero-order valence-corrected chi connectivity index (χ0v) is 56.1. The smallest absolute Gasteiger partial charge is 0.333 e. The molecular weight excluding hydrogens is 1330 g/mol. The Morgan fingerprint density at radius 3 is 1.15 bits per heavy atom. The molecule has 6 saturated heterocycles. The first-order valence-corrected chi connectivity index (χ1v) is 36.4. The number of hydrogen-bond acceptors (Lipinski definition) is 24. The maximum absolute atomic E-state index is 12.9. The van der Waals surface area contributed by atoms with E-state index in [0.29, 0.717) is 25.9 Å². The molecule has 30 nitrogen and oxygen atoms in total. The highest BCUT2D eigenvalue weighted by Gasteiger charge is 2.54. The van der Waals surface area contributed by atoms with Crippen LogP contribution in [0.3, 0.4) is 0 Å². The van der Waals surface area contributed by atoms with Gasteiger partial charge in [-0.05, 0) is 23.1 Å². The first kappa shape index (κ1) is 76.3. The molecule has 6 aliphatic heterocycles. The Morgan fingerprint density at radius 2 is 0.792 bits per heavy atom. The van der Waals surface area contributed by atoms with Gasteiger partial charge in [0.05, 0.1) is 121 Å². The van der Waals surface area contributed by atoms with Crippen LogP contribution < -0.4 is 14.2 Å². The van der Waals surface area contributed by atoms with Gasteiger partial charge in [0.1, 0.15) is 30.5 Å². The second-order valence-corrected chi connectivity index (χ2v) is 28.5. The highest BCUT2D eigenvalue weighted by Crippen LogP contribution is 2.39. The second kappa shape index (κ2) is 35.6. The quantitative estimate of drug-likeness (QED) is 0.0246. The Labute approximate surface area is 560 Å². The SMILES string of the molecule is C#CCCCO[C@@H]1OC(CO)[C@@H](O[C@H]2C[C@H](OCc3ccccc3)[C@H](O[C@@H]3OC(CO)[C@@H](O[C@H]4C[C@H](OCc5ccccc5)[C@H](O[C@@H]5OC(CO)[C@@H](O[C@H]6C[C@H](OCc7ccccc7)[C@H](C)CO6)[C@H](C)C5NS(=O)(=O)O)CO4)[C@H](C)C3NS(=O)(=O)O)CO2)[C@H](C)C1NS(=O)(=O)O. The summed E-state index contributed by atoms with van der Waals surface area (Å²) in [6, 6.07) is 23.9.